The number of halogens is 1. The lowest BCUT2D eigenvalue weighted by Gasteiger charge is -2.28. The summed E-state index contributed by atoms with van der Waals surface area (Å²) in [4.78, 5) is 0. The molecule has 0 aliphatic rings. The minimum Gasteiger partial charge on any atom is -0.372 e. The molecule has 21 heavy (non-hydrogen) atoms. The van der Waals surface area contributed by atoms with Crippen molar-refractivity contribution in [2.24, 2.45) is 0 Å². The van der Waals surface area contributed by atoms with Gasteiger partial charge in [0.25, 0.3) is 0 Å². The van der Waals surface area contributed by atoms with E-state index in [0.29, 0.717) is 6.61 Å². The smallest absolute Gasteiger partial charge is 0.102 e. The molecule has 1 N–H and O–H groups in total. The Bertz CT molecular complexity index is 529. The number of hydrogen-bond donors (Lipinski definition) is 1. The summed E-state index contributed by atoms with van der Waals surface area (Å²) in [5, 5.41) is 7.98. The molecular weight excluding hydrogens is 346 g/mol. The van der Waals surface area contributed by atoms with Gasteiger partial charge >= 0.3 is 0 Å². The summed E-state index contributed by atoms with van der Waals surface area (Å²) < 4.78 is 7.24. The van der Waals surface area contributed by atoms with Gasteiger partial charge in [-0.15, -0.1) is 0 Å². The van der Waals surface area contributed by atoms with E-state index in [2.05, 4.69) is 70.1 Å². The van der Waals surface area contributed by atoms with Crippen LogP contribution in [-0.4, -0.2) is 13.2 Å². The van der Waals surface area contributed by atoms with Crippen molar-refractivity contribution in [3.8, 4) is 0 Å². The maximum absolute atomic E-state index is 6.09. The second kappa shape index (κ2) is 8.69. The highest BCUT2D eigenvalue weighted by Gasteiger charge is 2.26. The van der Waals surface area contributed by atoms with Crippen LogP contribution in [0.4, 0.5) is 0 Å². The Morgan fingerprint density at radius 1 is 1.19 bits per heavy atom. The normalized spacial score (nSPS) is 14.0. The summed E-state index contributed by atoms with van der Waals surface area (Å²) in [6, 6.07) is 10.6. The van der Waals surface area contributed by atoms with Crippen molar-refractivity contribution >= 4 is 27.3 Å². The molecule has 4 heteroatoms. The fraction of sp³-hybridized carbons (Fsp3) is 0.412. The molecule has 0 radical (unpaired) electrons. The number of ether oxygens (including phenoxy) is 1. The monoisotopic (exact) mass is 367 g/mol. The molecule has 0 fully saturated rings. The molecule has 0 aliphatic heterocycles. The minimum atomic E-state index is 0.0219. The number of rotatable bonds is 8. The van der Waals surface area contributed by atoms with Gasteiger partial charge in [-0.1, -0.05) is 37.3 Å². The fourth-order valence-electron chi connectivity index (χ4n) is 2.40. The van der Waals surface area contributed by atoms with Crippen LogP contribution in [-0.2, 0) is 4.74 Å². The maximum atomic E-state index is 6.09. The zero-order chi connectivity index (χ0) is 15.1. The van der Waals surface area contributed by atoms with Crippen molar-refractivity contribution in [1.82, 2.24) is 5.32 Å². The van der Waals surface area contributed by atoms with E-state index in [1.54, 1.807) is 11.3 Å². The summed E-state index contributed by atoms with van der Waals surface area (Å²) in [6.07, 6.45) is 1.12. The van der Waals surface area contributed by atoms with E-state index in [-0.39, 0.29) is 12.1 Å². The lowest BCUT2D eigenvalue weighted by Crippen LogP contribution is -2.29. The van der Waals surface area contributed by atoms with E-state index in [1.807, 2.05) is 6.07 Å². The summed E-state index contributed by atoms with van der Waals surface area (Å²) in [5.74, 6) is 0. The Morgan fingerprint density at radius 2 is 1.95 bits per heavy atom. The summed E-state index contributed by atoms with van der Waals surface area (Å²) in [7, 11) is 0. The Labute approximate surface area is 139 Å². The van der Waals surface area contributed by atoms with Gasteiger partial charge in [-0.05, 0) is 52.3 Å². The fourth-order valence-corrected chi connectivity index (χ4v) is 3.98. The molecule has 114 valence electrons. The molecule has 0 spiro atoms. The van der Waals surface area contributed by atoms with E-state index < -0.39 is 0 Å². The van der Waals surface area contributed by atoms with Gasteiger partial charge in [0.1, 0.15) is 6.10 Å². The second-order valence-electron chi connectivity index (χ2n) is 4.89. The average Bonchev–Trinajstić information content (AvgIpc) is 2.93. The molecule has 2 nitrogen and oxygen atoms in total. The van der Waals surface area contributed by atoms with E-state index in [4.69, 9.17) is 4.74 Å². The van der Waals surface area contributed by atoms with Gasteiger partial charge in [-0.25, -0.2) is 0 Å². The first-order valence-corrected chi connectivity index (χ1v) is 9.13. The van der Waals surface area contributed by atoms with Crippen LogP contribution in [0.15, 0.2) is 45.6 Å². The van der Waals surface area contributed by atoms with E-state index in [1.165, 1.54) is 11.1 Å². The van der Waals surface area contributed by atoms with Crippen LogP contribution in [0.1, 0.15) is 43.5 Å². The van der Waals surface area contributed by atoms with Crippen molar-refractivity contribution < 1.29 is 4.74 Å². The lowest BCUT2D eigenvalue weighted by atomic mass is 9.97. The van der Waals surface area contributed by atoms with Gasteiger partial charge in [0, 0.05) is 16.5 Å². The SMILES string of the molecule is CCCNC(c1cscc1Br)C(OCC)c1ccccc1. The Morgan fingerprint density at radius 3 is 2.52 bits per heavy atom. The molecule has 1 aromatic carbocycles. The van der Waals surface area contributed by atoms with Crippen molar-refractivity contribution in [3.63, 3.8) is 0 Å². The molecular formula is C17H22BrNOS. The largest absolute Gasteiger partial charge is 0.372 e. The first-order chi connectivity index (χ1) is 10.3. The van der Waals surface area contributed by atoms with Crippen molar-refractivity contribution in [2.45, 2.75) is 32.4 Å². The highest BCUT2D eigenvalue weighted by atomic mass is 79.9. The standard InChI is InChI=1S/C17H22BrNOS/c1-3-10-19-16(14-11-21-12-15(14)18)17(20-4-2)13-8-6-5-7-9-13/h5-9,11-12,16-17,19H,3-4,10H2,1-2H3. The van der Waals surface area contributed by atoms with Crippen molar-refractivity contribution in [1.29, 1.82) is 0 Å². The van der Waals surface area contributed by atoms with E-state index >= 15 is 0 Å². The number of benzene rings is 1. The Hall–Kier alpha value is -0.680. The Balaban J connectivity index is 2.33. The van der Waals surface area contributed by atoms with Gasteiger partial charge in [0.05, 0.1) is 6.04 Å². The summed E-state index contributed by atoms with van der Waals surface area (Å²) >= 11 is 5.38. The van der Waals surface area contributed by atoms with Crippen LogP contribution in [0.5, 0.6) is 0 Å². The average molecular weight is 368 g/mol. The van der Waals surface area contributed by atoms with Crippen LogP contribution in [0.3, 0.4) is 0 Å². The third-order valence-corrected chi connectivity index (χ3v) is 5.12. The molecule has 2 aromatic rings. The first kappa shape index (κ1) is 16.7. The summed E-state index contributed by atoms with van der Waals surface area (Å²) in [6.45, 7) is 5.91. The van der Waals surface area contributed by atoms with Crippen molar-refractivity contribution in [2.75, 3.05) is 13.2 Å². The highest BCUT2D eigenvalue weighted by Crippen LogP contribution is 2.37. The molecule has 1 heterocycles. The predicted molar refractivity (Wildman–Crippen MR) is 93.9 cm³/mol. The quantitative estimate of drug-likeness (QED) is 0.680. The number of thiophene rings is 1. The van der Waals surface area contributed by atoms with E-state index in [0.717, 1.165) is 17.4 Å². The van der Waals surface area contributed by atoms with Gasteiger partial charge in [-0.2, -0.15) is 11.3 Å². The number of hydrogen-bond acceptors (Lipinski definition) is 3. The lowest BCUT2D eigenvalue weighted by molar-refractivity contribution is 0.0326. The first-order valence-electron chi connectivity index (χ1n) is 7.39. The van der Waals surface area contributed by atoms with Crippen LogP contribution in [0.25, 0.3) is 0 Å². The second-order valence-corrected chi connectivity index (χ2v) is 6.49. The van der Waals surface area contributed by atoms with Crippen LogP contribution < -0.4 is 5.32 Å². The topological polar surface area (TPSA) is 21.3 Å². The molecule has 0 aliphatic carbocycles. The third kappa shape index (κ3) is 4.39. The minimum absolute atomic E-state index is 0.0219. The molecule has 2 rings (SSSR count). The molecule has 2 unspecified atom stereocenters. The zero-order valence-electron chi connectivity index (χ0n) is 12.5. The number of nitrogens with one attached hydrogen (secondary N) is 1. The van der Waals surface area contributed by atoms with Crippen LogP contribution >= 0.6 is 27.3 Å². The Kier molecular flexibility index (Phi) is 6.90. The summed E-state index contributed by atoms with van der Waals surface area (Å²) in [5.41, 5.74) is 2.49. The molecule has 0 saturated heterocycles. The molecule has 1 aromatic heterocycles. The van der Waals surface area contributed by atoms with Gasteiger partial charge in [-0.3, -0.25) is 0 Å². The predicted octanol–water partition coefficient (Wildman–Crippen LogP) is 5.33. The third-order valence-electron chi connectivity index (χ3n) is 3.37. The van der Waals surface area contributed by atoms with Crippen LogP contribution in [0.2, 0.25) is 0 Å². The molecule has 2 atom stereocenters. The van der Waals surface area contributed by atoms with Gasteiger partial charge in [0.2, 0.25) is 0 Å². The molecule has 0 saturated carbocycles. The van der Waals surface area contributed by atoms with E-state index in [9.17, 15) is 0 Å². The van der Waals surface area contributed by atoms with Gasteiger partial charge in [0.15, 0.2) is 0 Å². The molecule has 0 bridgehead atoms. The zero-order valence-corrected chi connectivity index (χ0v) is 14.9. The van der Waals surface area contributed by atoms with Crippen molar-refractivity contribution in [3.05, 3.63) is 56.7 Å². The van der Waals surface area contributed by atoms with Crippen LogP contribution in [0, 0.1) is 0 Å². The molecule has 0 amide bonds. The maximum Gasteiger partial charge on any atom is 0.102 e. The van der Waals surface area contributed by atoms with Gasteiger partial charge < -0.3 is 10.1 Å². The highest BCUT2D eigenvalue weighted by molar-refractivity contribution is 9.10.